The van der Waals surface area contributed by atoms with Crippen LogP contribution < -0.4 is 5.46 Å². The number of fused-ring (bicyclic) bond motifs is 1. The van der Waals surface area contributed by atoms with Gasteiger partial charge in [0.25, 0.3) is 0 Å². The minimum Gasteiger partial charge on any atom is -0.508 e. The highest BCUT2D eigenvalue weighted by atomic mass is 16.3. The first kappa shape index (κ1) is 7.23. The zero-order chi connectivity index (χ0) is 8.55. The molecule has 0 saturated carbocycles. The molecule has 0 spiro atoms. The fourth-order valence-corrected chi connectivity index (χ4v) is 1.42. The molecule has 0 bridgehead atoms. The maximum absolute atomic E-state index is 9.25. The van der Waals surface area contributed by atoms with E-state index in [1.807, 2.05) is 32.1 Å². The predicted molar refractivity (Wildman–Crippen MR) is 53.8 cm³/mol. The fourth-order valence-electron chi connectivity index (χ4n) is 1.42. The van der Waals surface area contributed by atoms with E-state index in [-0.39, 0.29) is 0 Å². The largest absolute Gasteiger partial charge is 0.508 e. The summed E-state index contributed by atoms with van der Waals surface area (Å²) in [5, 5.41) is 11.6. The molecule has 0 amide bonds. The molecule has 0 aliphatic carbocycles. The topological polar surface area (TPSA) is 20.2 Å². The Bertz CT molecular complexity index is 423. The van der Waals surface area contributed by atoms with Gasteiger partial charge < -0.3 is 5.11 Å². The van der Waals surface area contributed by atoms with Gasteiger partial charge >= 0.3 is 0 Å². The maximum atomic E-state index is 9.25. The minimum atomic E-state index is 0.330. The van der Waals surface area contributed by atoms with Gasteiger partial charge in [-0.2, -0.15) is 0 Å². The van der Waals surface area contributed by atoms with E-state index >= 15 is 0 Å². The van der Waals surface area contributed by atoms with Crippen LogP contribution in [0.5, 0.6) is 5.75 Å². The number of phenolic OH excluding ortho intramolecular Hbond substituents is 1. The van der Waals surface area contributed by atoms with Gasteiger partial charge in [0.1, 0.15) is 13.6 Å². The molecule has 1 N–H and O–H groups in total. The molecular formula is C10H9BO. The third kappa shape index (κ3) is 1.05. The summed E-state index contributed by atoms with van der Waals surface area (Å²) in [6.07, 6.45) is 0. The van der Waals surface area contributed by atoms with Gasteiger partial charge in [0.05, 0.1) is 0 Å². The summed E-state index contributed by atoms with van der Waals surface area (Å²) in [4.78, 5) is 0. The van der Waals surface area contributed by atoms with Crippen molar-refractivity contribution in [3.63, 3.8) is 0 Å². The molecule has 1 nitrogen and oxygen atoms in total. The third-order valence-corrected chi connectivity index (χ3v) is 2.08. The van der Waals surface area contributed by atoms with E-state index in [9.17, 15) is 5.11 Å². The zero-order valence-electron chi connectivity index (χ0n) is 6.91. The van der Waals surface area contributed by atoms with E-state index in [0.717, 1.165) is 5.39 Å². The first-order chi connectivity index (χ1) is 5.77. The van der Waals surface area contributed by atoms with Crippen LogP contribution in [0.2, 0.25) is 0 Å². The molecular weight excluding hydrogens is 147 g/mol. The Morgan fingerprint density at radius 2 is 1.92 bits per heavy atom. The molecule has 2 aromatic carbocycles. The Morgan fingerprint density at radius 1 is 1.08 bits per heavy atom. The summed E-state index contributed by atoms with van der Waals surface area (Å²) < 4.78 is 0. The average molecular weight is 156 g/mol. The van der Waals surface area contributed by atoms with Crippen molar-refractivity contribution >= 4 is 24.1 Å². The van der Waals surface area contributed by atoms with Gasteiger partial charge in [-0.25, -0.2) is 0 Å². The summed E-state index contributed by atoms with van der Waals surface area (Å²) in [5.74, 6) is 0.330. The summed E-state index contributed by atoms with van der Waals surface area (Å²) in [6, 6.07) is 11.5. The second-order valence-corrected chi connectivity index (χ2v) is 2.98. The summed E-state index contributed by atoms with van der Waals surface area (Å²) in [5.41, 5.74) is 1.20. The molecule has 0 saturated heterocycles. The first-order valence-corrected chi connectivity index (χ1v) is 3.96. The predicted octanol–water partition coefficient (Wildman–Crippen LogP) is 0.804. The van der Waals surface area contributed by atoms with Gasteiger partial charge in [-0.05, 0) is 22.9 Å². The normalized spacial score (nSPS) is 10.3. The van der Waals surface area contributed by atoms with E-state index in [1.165, 1.54) is 10.8 Å². The number of rotatable bonds is 0. The molecule has 0 aromatic heterocycles. The molecule has 0 atom stereocenters. The van der Waals surface area contributed by atoms with Crippen LogP contribution in [-0.2, 0) is 0 Å². The first-order valence-electron chi connectivity index (χ1n) is 3.96. The second-order valence-electron chi connectivity index (χ2n) is 2.98. The van der Waals surface area contributed by atoms with Crippen molar-refractivity contribution in [3.8, 4) is 5.75 Å². The van der Waals surface area contributed by atoms with Crippen molar-refractivity contribution in [1.29, 1.82) is 0 Å². The highest BCUT2D eigenvalue weighted by Gasteiger charge is 1.96. The van der Waals surface area contributed by atoms with Gasteiger partial charge in [0, 0.05) is 0 Å². The van der Waals surface area contributed by atoms with Crippen LogP contribution in [0.25, 0.3) is 10.8 Å². The molecule has 0 heterocycles. The number of aromatic hydroxyl groups is 1. The van der Waals surface area contributed by atoms with E-state index < -0.39 is 0 Å². The highest BCUT2D eigenvalue weighted by Crippen LogP contribution is 2.17. The Morgan fingerprint density at radius 3 is 2.75 bits per heavy atom. The molecule has 0 fully saturated rings. The van der Waals surface area contributed by atoms with Gasteiger partial charge in [0.15, 0.2) is 0 Å². The van der Waals surface area contributed by atoms with E-state index in [4.69, 9.17) is 0 Å². The molecule has 0 unspecified atom stereocenters. The van der Waals surface area contributed by atoms with Crippen molar-refractivity contribution in [2.75, 3.05) is 0 Å². The SMILES string of the molecule is Bc1cccc2ccc(O)cc12. The van der Waals surface area contributed by atoms with E-state index in [0.29, 0.717) is 5.75 Å². The average Bonchev–Trinajstić information content (AvgIpc) is 2.07. The van der Waals surface area contributed by atoms with Gasteiger partial charge in [0.2, 0.25) is 0 Å². The second kappa shape index (κ2) is 2.56. The molecule has 12 heavy (non-hydrogen) atoms. The lowest BCUT2D eigenvalue weighted by Gasteiger charge is -2.01. The van der Waals surface area contributed by atoms with Crippen molar-refractivity contribution < 1.29 is 5.11 Å². The van der Waals surface area contributed by atoms with Crippen molar-refractivity contribution in [2.24, 2.45) is 0 Å². The van der Waals surface area contributed by atoms with E-state index in [1.54, 1.807) is 12.1 Å². The van der Waals surface area contributed by atoms with Crippen LogP contribution >= 0.6 is 0 Å². The molecule has 0 aliphatic rings. The molecule has 0 radical (unpaired) electrons. The minimum absolute atomic E-state index is 0.330. The van der Waals surface area contributed by atoms with Gasteiger partial charge in [-0.1, -0.05) is 29.7 Å². The fraction of sp³-hybridized carbons (Fsp3) is 0. The Balaban J connectivity index is 2.88. The zero-order valence-corrected chi connectivity index (χ0v) is 6.91. The monoisotopic (exact) mass is 156 g/mol. The van der Waals surface area contributed by atoms with Crippen LogP contribution in [0.15, 0.2) is 36.4 Å². The Labute approximate surface area is 72.1 Å². The van der Waals surface area contributed by atoms with Crippen LogP contribution in [0.4, 0.5) is 0 Å². The molecule has 2 rings (SSSR count). The van der Waals surface area contributed by atoms with Gasteiger partial charge in [-0.3, -0.25) is 0 Å². The summed E-state index contributed by atoms with van der Waals surface area (Å²) in [7, 11) is 2.04. The third-order valence-electron chi connectivity index (χ3n) is 2.08. The number of phenols is 1. The van der Waals surface area contributed by atoms with E-state index in [2.05, 4.69) is 0 Å². The van der Waals surface area contributed by atoms with Crippen molar-refractivity contribution in [3.05, 3.63) is 36.4 Å². The van der Waals surface area contributed by atoms with Gasteiger partial charge in [-0.15, -0.1) is 0 Å². The highest BCUT2D eigenvalue weighted by molar-refractivity contribution is 6.38. The number of hydrogen-bond donors (Lipinski definition) is 1. The van der Waals surface area contributed by atoms with Crippen LogP contribution in [0.1, 0.15) is 0 Å². The van der Waals surface area contributed by atoms with Crippen LogP contribution in [-0.4, -0.2) is 13.0 Å². The van der Waals surface area contributed by atoms with Crippen LogP contribution in [0.3, 0.4) is 0 Å². The molecule has 58 valence electrons. The van der Waals surface area contributed by atoms with Crippen molar-refractivity contribution in [2.45, 2.75) is 0 Å². The quantitative estimate of drug-likeness (QED) is 0.559. The summed E-state index contributed by atoms with van der Waals surface area (Å²) in [6.45, 7) is 0. The summed E-state index contributed by atoms with van der Waals surface area (Å²) >= 11 is 0. The molecule has 2 heteroatoms. The molecule has 0 aliphatic heterocycles. The molecule has 2 aromatic rings. The standard InChI is InChI=1S/C10H9BO/c11-10-3-1-2-7-4-5-8(12)6-9(7)10/h1-6,12H,11H2. The Kier molecular flexibility index (Phi) is 1.54. The Hall–Kier alpha value is -1.44. The lowest BCUT2D eigenvalue weighted by Crippen LogP contribution is -2.01. The lowest BCUT2D eigenvalue weighted by atomic mass is 9.90. The number of benzene rings is 2. The smallest absolute Gasteiger partial charge is 0.140 e. The lowest BCUT2D eigenvalue weighted by molar-refractivity contribution is 0.476. The van der Waals surface area contributed by atoms with Crippen LogP contribution in [0, 0.1) is 0 Å². The maximum Gasteiger partial charge on any atom is 0.140 e. The van der Waals surface area contributed by atoms with Crippen molar-refractivity contribution in [1.82, 2.24) is 0 Å². The number of hydrogen-bond acceptors (Lipinski definition) is 1.